The second-order valence-corrected chi connectivity index (χ2v) is 7.81. The molecule has 152 valence electrons. The highest BCUT2D eigenvalue weighted by Gasteiger charge is 2.12. The summed E-state index contributed by atoms with van der Waals surface area (Å²) in [7, 11) is 0. The summed E-state index contributed by atoms with van der Waals surface area (Å²) in [4.78, 5) is 13.4. The molecule has 0 atom stereocenters. The molecule has 1 aliphatic rings. The van der Waals surface area contributed by atoms with Gasteiger partial charge in [-0.25, -0.2) is 9.97 Å². The molecule has 8 nitrogen and oxygen atoms in total. The molecular weight excluding hydrogens is 410 g/mol. The molecule has 2 aromatic heterocycles. The Kier molecular flexibility index (Phi) is 6.55. The molecule has 4 rings (SSSR count). The van der Waals surface area contributed by atoms with Crippen molar-refractivity contribution in [2.24, 2.45) is 4.99 Å². The van der Waals surface area contributed by atoms with Crippen LogP contribution in [0.1, 0.15) is 12.0 Å². The average molecular weight is 432 g/mol. The van der Waals surface area contributed by atoms with E-state index >= 15 is 0 Å². The molecule has 0 spiro atoms. The van der Waals surface area contributed by atoms with Gasteiger partial charge < -0.3 is 25.2 Å². The summed E-state index contributed by atoms with van der Waals surface area (Å²) in [6.07, 6.45) is 1.05. The highest BCUT2D eigenvalue weighted by Crippen LogP contribution is 2.29. The Morgan fingerprint density at radius 1 is 1.07 bits per heavy atom. The first kappa shape index (κ1) is 19.6. The Morgan fingerprint density at radius 2 is 1.90 bits per heavy atom. The predicted octanol–water partition coefficient (Wildman–Crippen LogP) is 2.98. The van der Waals surface area contributed by atoms with E-state index in [-0.39, 0.29) is 6.61 Å². The van der Waals surface area contributed by atoms with Gasteiger partial charge in [0.05, 0.1) is 6.61 Å². The van der Waals surface area contributed by atoms with E-state index in [4.69, 9.17) is 9.47 Å². The van der Waals surface area contributed by atoms with E-state index in [1.165, 1.54) is 22.7 Å². The minimum Gasteiger partial charge on any atom is -0.490 e. The summed E-state index contributed by atoms with van der Waals surface area (Å²) in [5.41, 5.74) is 2.33. The molecule has 1 aromatic carbocycles. The third kappa shape index (κ3) is 5.22. The Bertz CT molecular complexity index is 972. The fourth-order valence-corrected chi connectivity index (χ4v) is 4.06. The van der Waals surface area contributed by atoms with Crippen molar-refractivity contribution in [1.82, 2.24) is 15.3 Å². The van der Waals surface area contributed by atoms with Crippen LogP contribution >= 0.6 is 22.7 Å². The summed E-state index contributed by atoms with van der Waals surface area (Å²) in [5, 5.41) is 21.0. The summed E-state index contributed by atoms with van der Waals surface area (Å²) >= 11 is 2.93. The Balaban J connectivity index is 1.28. The van der Waals surface area contributed by atoms with Crippen LogP contribution in [-0.4, -0.2) is 47.3 Å². The Morgan fingerprint density at radius 3 is 2.76 bits per heavy atom. The van der Waals surface area contributed by atoms with Gasteiger partial charge in [-0.1, -0.05) is 29.5 Å². The van der Waals surface area contributed by atoms with Crippen LogP contribution in [0.15, 0.2) is 40.0 Å². The van der Waals surface area contributed by atoms with Crippen LogP contribution < -0.4 is 20.1 Å². The number of rotatable bonds is 8. The van der Waals surface area contributed by atoms with Crippen LogP contribution in [0.3, 0.4) is 0 Å². The van der Waals surface area contributed by atoms with E-state index in [1.54, 1.807) is 0 Å². The third-order valence-electron chi connectivity index (χ3n) is 4.08. The lowest BCUT2D eigenvalue weighted by atomic mass is 10.2. The molecule has 1 aliphatic heterocycles. The first-order chi connectivity index (χ1) is 14.3. The molecule has 3 heterocycles. The van der Waals surface area contributed by atoms with Crippen molar-refractivity contribution >= 4 is 33.8 Å². The Labute approximate surface area is 176 Å². The van der Waals surface area contributed by atoms with E-state index in [0.29, 0.717) is 24.2 Å². The molecule has 29 heavy (non-hydrogen) atoms. The van der Waals surface area contributed by atoms with Crippen LogP contribution in [0, 0.1) is 0 Å². The lowest BCUT2D eigenvalue weighted by Gasteiger charge is -2.13. The molecule has 0 radical (unpaired) electrons. The lowest BCUT2D eigenvalue weighted by Crippen LogP contribution is -2.35. The number of guanidine groups is 1. The molecule has 3 aromatic rings. The maximum atomic E-state index is 9.32. The van der Waals surface area contributed by atoms with Gasteiger partial charge in [0.25, 0.3) is 5.19 Å². The number of ether oxygens (including phenoxy) is 2. The molecule has 10 heteroatoms. The molecule has 0 saturated carbocycles. The van der Waals surface area contributed by atoms with Gasteiger partial charge in [-0.05, 0) is 12.5 Å². The van der Waals surface area contributed by atoms with Gasteiger partial charge >= 0.3 is 0 Å². The average Bonchev–Trinajstić information content (AvgIpc) is 3.42. The molecule has 0 fully saturated rings. The van der Waals surface area contributed by atoms with Crippen molar-refractivity contribution in [3.63, 3.8) is 0 Å². The summed E-state index contributed by atoms with van der Waals surface area (Å²) in [6, 6.07) is 7.40. The zero-order valence-electron chi connectivity index (χ0n) is 15.6. The fraction of sp³-hybridized carbons (Fsp3) is 0.316. The van der Waals surface area contributed by atoms with Crippen molar-refractivity contribution in [3.8, 4) is 22.3 Å². The van der Waals surface area contributed by atoms with Crippen molar-refractivity contribution in [3.05, 3.63) is 40.6 Å². The fourth-order valence-electron chi connectivity index (χ4n) is 2.66. The Hall–Kier alpha value is -2.69. The van der Waals surface area contributed by atoms with E-state index in [0.717, 1.165) is 47.6 Å². The van der Waals surface area contributed by atoms with E-state index in [2.05, 4.69) is 25.6 Å². The molecule has 0 amide bonds. The van der Waals surface area contributed by atoms with Gasteiger partial charge in [-0.3, -0.25) is 4.99 Å². The summed E-state index contributed by atoms with van der Waals surface area (Å²) < 4.78 is 11.4. The second-order valence-electron chi connectivity index (χ2n) is 6.13. The van der Waals surface area contributed by atoms with Gasteiger partial charge in [0.1, 0.15) is 30.4 Å². The summed E-state index contributed by atoms with van der Waals surface area (Å²) in [6.45, 7) is 2.43. The topological polar surface area (TPSA) is 101 Å². The molecule has 3 N–H and O–H groups in total. The van der Waals surface area contributed by atoms with Gasteiger partial charge in [0.2, 0.25) is 0 Å². The second kappa shape index (κ2) is 9.68. The van der Waals surface area contributed by atoms with E-state index < -0.39 is 0 Å². The van der Waals surface area contributed by atoms with Crippen LogP contribution in [0.2, 0.25) is 0 Å². The van der Waals surface area contributed by atoms with Crippen molar-refractivity contribution in [2.45, 2.75) is 13.0 Å². The minimum absolute atomic E-state index is 0.0548. The van der Waals surface area contributed by atoms with Crippen molar-refractivity contribution in [2.75, 3.05) is 31.6 Å². The van der Waals surface area contributed by atoms with E-state index in [9.17, 15) is 5.11 Å². The number of anilines is 1. The van der Waals surface area contributed by atoms with Gasteiger partial charge in [-0.15, -0.1) is 11.3 Å². The lowest BCUT2D eigenvalue weighted by molar-refractivity contribution is 0.209. The van der Waals surface area contributed by atoms with Crippen LogP contribution in [0.4, 0.5) is 5.13 Å². The number of para-hydroxylation sites is 1. The highest BCUT2D eigenvalue weighted by molar-refractivity contribution is 7.14. The number of nitrogens with zero attached hydrogens (tertiary/aromatic N) is 3. The zero-order chi connectivity index (χ0) is 19.9. The number of aromatic nitrogens is 2. The maximum Gasteiger partial charge on any atom is 0.273 e. The number of benzene rings is 1. The predicted molar refractivity (Wildman–Crippen MR) is 115 cm³/mol. The number of thiazole rings is 2. The monoisotopic (exact) mass is 431 g/mol. The third-order valence-corrected chi connectivity index (χ3v) is 5.59. The maximum absolute atomic E-state index is 9.32. The number of aliphatic hydroxyl groups is 1. The number of hydrogen-bond donors (Lipinski definition) is 3. The molecule has 0 bridgehead atoms. The number of nitrogens with one attached hydrogen (secondary N) is 2. The van der Waals surface area contributed by atoms with Gasteiger partial charge in [-0.2, -0.15) is 0 Å². The number of hydrogen-bond acceptors (Lipinski definition) is 10. The quantitative estimate of drug-likeness (QED) is 0.471. The standard InChI is InChI=1S/C19H21N5O3S2/c25-10-13-4-1-2-5-16(13)26-8-9-27-19-23-15(12-29-19)14-11-28-18(22-14)24-17-20-6-3-7-21-17/h1-2,4-5,11-12,25H,3,6-10H2,(H2,20,21,22,24). The van der Waals surface area contributed by atoms with Crippen LogP contribution in [-0.2, 0) is 6.61 Å². The van der Waals surface area contributed by atoms with Gasteiger partial charge in [0, 0.05) is 29.4 Å². The minimum atomic E-state index is -0.0548. The van der Waals surface area contributed by atoms with E-state index in [1.807, 2.05) is 35.0 Å². The smallest absolute Gasteiger partial charge is 0.273 e. The SMILES string of the molecule is OCc1ccccc1OCCOc1nc(-c2csc(NC3=NCCCN3)n2)cs1. The molecule has 0 unspecified atom stereocenters. The first-order valence-corrected chi connectivity index (χ1v) is 11.0. The highest BCUT2D eigenvalue weighted by atomic mass is 32.1. The summed E-state index contributed by atoms with van der Waals surface area (Å²) in [5.74, 6) is 1.43. The largest absolute Gasteiger partial charge is 0.490 e. The number of aliphatic hydroxyl groups excluding tert-OH is 1. The van der Waals surface area contributed by atoms with Gasteiger partial charge in [0.15, 0.2) is 11.1 Å². The van der Waals surface area contributed by atoms with Crippen LogP contribution in [0.5, 0.6) is 10.9 Å². The molecular formula is C19H21N5O3S2. The number of aliphatic imine (C=N–C) groups is 1. The molecule has 0 saturated heterocycles. The van der Waals surface area contributed by atoms with Crippen molar-refractivity contribution in [1.29, 1.82) is 0 Å². The zero-order valence-corrected chi connectivity index (χ0v) is 17.3. The van der Waals surface area contributed by atoms with Crippen LogP contribution in [0.25, 0.3) is 11.4 Å². The molecule has 0 aliphatic carbocycles. The normalized spacial score (nSPS) is 13.5. The van der Waals surface area contributed by atoms with Crippen molar-refractivity contribution < 1.29 is 14.6 Å². The first-order valence-electron chi connectivity index (χ1n) is 9.23.